The molecule has 1 aromatic rings. The first kappa shape index (κ1) is 28.4. The van der Waals surface area contributed by atoms with Gasteiger partial charge in [0.2, 0.25) is 6.54 Å². The maximum Gasteiger partial charge on any atom is 0.372 e. The van der Waals surface area contributed by atoms with E-state index >= 15 is 0 Å². The van der Waals surface area contributed by atoms with Crippen LogP contribution in [0.15, 0.2) is 24.5 Å². The molecule has 0 atom stereocenters. The molecule has 0 fully saturated rings. The Bertz CT molecular complexity index is 581. The lowest BCUT2D eigenvalue weighted by Gasteiger charge is -2.06. The number of hydrogen-bond acceptors (Lipinski definition) is 4. The minimum Gasteiger partial charge on any atom is -0.859 e. The van der Waals surface area contributed by atoms with Gasteiger partial charge in [-0.2, -0.15) is 4.57 Å². The predicted octanol–water partition coefficient (Wildman–Crippen LogP) is 5.11. The summed E-state index contributed by atoms with van der Waals surface area (Å²) in [5.74, 6) is -1.06. The molecule has 0 amide bonds. The molecular weight excluding hydrogens is 400 g/mol. The average Bonchev–Trinajstić information content (AvgIpc) is 2.71. The number of pyridine rings is 1. The van der Waals surface area contributed by atoms with Gasteiger partial charge in [-0.25, -0.2) is 4.79 Å². The van der Waals surface area contributed by atoms with E-state index < -0.39 is 5.90 Å². The molecular formula is C24H41ClN2O3. The van der Waals surface area contributed by atoms with Gasteiger partial charge in [0.1, 0.15) is 0 Å². The number of nitrogens with zero attached hydrogens (tertiary/aromatic N) is 1. The van der Waals surface area contributed by atoms with E-state index in [9.17, 15) is 9.90 Å². The van der Waals surface area contributed by atoms with E-state index in [4.69, 9.17) is 10.1 Å². The van der Waals surface area contributed by atoms with Crippen LogP contribution < -0.4 is 9.67 Å². The molecule has 0 saturated heterocycles. The molecule has 30 heavy (non-hydrogen) atoms. The molecule has 0 aliphatic rings. The summed E-state index contributed by atoms with van der Waals surface area (Å²) in [4.78, 5) is 11.9. The molecule has 0 saturated carbocycles. The summed E-state index contributed by atoms with van der Waals surface area (Å²) in [6.45, 7) is 2.79. The molecule has 0 aromatic carbocycles. The Hall–Kier alpha value is -1.62. The van der Waals surface area contributed by atoms with Crippen molar-refractivity contribution in [3.8, 4) is 0 Å². The number of rotatable bonds is 18. The predicted molar refractivity (Wildman–Crippen MR) is 122 cm³/mol. The van der Waals surface area contributed by atoms with E-state index in [0.717, 1.165) is 12.8 Å². The summed E-state index contributed by atoms with van der Waals surface area (Å²) in [6, 6.07) is 3.22. The third kappa shape index (κ3) is 15.3. The van der Waals surface area contributed by atoms with Crippen LogP contribution in [0.25, 0.3) is 0 Å². The van der Waals surface area contributed by atoms with E-state index in [2.05, 4.69) is 6.92 Å². The molecule has 0 aliphatic heterocycles. The number of carbonyl (C=O) groups is 1. The molecule has 0 unspecified atom stereocenters. The van der Waals surface area contributed by atoms with E-state index in [1.54, 1.807) is 22.9 Å². The first-order valence-corrected chi connectivity index (χ1v) is 11.5. The van der Waals surface area contributed by atoms with Gasteiger partial charge in [0.05, 0.1) is 6.61 Å². The zero-order valence-electron chi connectivity index (χ0n) is 18.7. The third-order valence-corrected chi connectivity index (χ3v) is 5.19. The zero-order valence-corrected chi connectivity index (χ0v) is 19.5. The van der Waals surface area contributed by atoms with Crippen molar-refractivity contribution < 1.29 is 19.2 Å². The number of aromatic nitrogens is 1. The average molecular weight is 441 g/mol. The van der Waals surface area contributed by atoms with Gasteiger partial charge in [0.15, 0.2) is 12.4 Å². The molecule has 1 heterocycles. The van der Waals surface area contributed by atoms with Crippen LogP contribution >= 0.6 is 12.4 Å². The molecule has 0 bridgehead atoms. The smallest absolute Gasteiger partial charge is 0.372 e. The summed E-state index contributed by atoms with van der Waals surface area (Å²) in [6.07, 6.45) is 21.4. The van der Waals surface area contributed by atoms with Crippen LogP contribution in [0.5, 0.6) is 0 Å². The largest absolute Gasteiger partial charge is 0.859 e. The van der Waals surface area contributed by atoms with E-state index in [1.165, 1.54) is 83.2 Å². The third-order valence-electron chi connectivity index (χ3n) is 5.19. The van der Waals surface area contributed by atoms with E-state index in [-0.39, 0.29) is 30.5 Å². The Morgan fingerprint density at radius 2 is 1.43 bits per heavy atom. The highest BCUT2D eigenvalue weighted by Gasteiger charge is 2.11. The van der Waals surface area contributed by atoms with Gasteiger partial charge in [-0.3, -0.25) is 0 Å². The normalized spacial score (nSPS) is 10.4. The number of hydrogen-bond donors (Lipinski definition) is 1. The Kier molecular flexibility index (Phi) is 18.3. The van der Waals surface area contributed by atoms with Crippen LogP contribution in [-0.2, 0) is 16.1 Å². The topological polar surface area (TPSA) is 77.1 Å². The minimum absolute atomic E-state index is 0. The zero-order chi connectivity index (χ0) is 21.2. The Labute approximate surface area is 189 Å². The highest BCUT2D eigenvalue weighted by atomic mass is 35.5. The monoisotopic (exact) mass is 440 g/mol. The molecule has 172 valence electrons. The summed E-state index contributed by atoms with van der Waals surface area (Å²) in [5.41, 5.74) is 0.271. The molecule has 1 aromatic heterocycles. The van der Waals surface area contributed by atoms with Gasteiger partial charge in [-0.1, -0.05) is 90.4 Å². The van der Waals surface area contributed by atoms with Gasteiger partial charge >= 0.3 is 5.97 Å². The molecule has 0 spiro atoms. The number of ether oxygens (including phenoxy) is 1. The summed E-state index contributed by atoms with van der Waals surface area (Å²) in [5, 5.41) is 18.2. The van der Waals surface area contributed by atoms with Crippen molar-refractivity contribution in [2.45, 2.75) is 103 Å². The lowest BCUT2D eigenvalue weighted by atomic mass is 10.0. The maximum atomic E-state index is 11.9. The second-order valence-electron chi connectivity index (χ2n) is 7.91. The lowest BCUT2D eigenvalue weighted by molar-refractivity contribution is -0.686. The van der Waals surface area contributed by atoms with Crippen LogP contribution in [0.3, 0.4) is 0 Å². The number of carbonyl (C=O) groups excluding carboxylic acids is 1. The van der Waals surface area contributed by atoms with Crippen molar-refractivity contribution in [1.82, 2.24) is 0 Å². The molecule has 6 heteroatoms. The fourth-order valence-corrected chi connectivity index (χ4v) is 3.43. The SMILES string of the molecule is CCCCCCCCCCCCCCCCOC(=O)C[n+]1cccc(C(=N)[O-])c1.Cl. The van der Waals surface area contributed by atoms with Crippen molar-refractivity contribution in [1.29, 1.82) is 5.41 Å². The Morgan fingerprint density at radius 1 is 0.933 bits per heavy atom. The molecule has 1 rings (SSSR count). The highest BCUT2D eigenvalue weighted by Crippen LogP contribution is 2.12. The van der Waals surface area contributed by atoms with Gasteiger partial charge in [0.25, 0.3) is 0 Å². The summed E-state index contributed by atoms with van der Waals surface area (Å²) in [7, 11) is 0. The quantitative estimate of drug-likeness (QED) is 0.113. The van der Waals surface area contributed by atoms with Gasteiger partial charge < -0.3 is 15.3 Å². The molecule has 1 N–H and O–H groups in total. The van der Waals surface area contributed by atoms with Crippen molar-refractivity contribution in [3.05, 3.63) is 30.1 Å². The van der Waals surface area contributed by atoms with Crippen LogP contribution in [-0.4, -0.2) is 18.5 Å². The first-order chi connectivity index (χ1) is 14.1. The minimum atomic E-state index is -0.755. The van der Waals surface area contributed by atoms with Crippen molar-refractivity contribution in [2.75, 3.05) is 6.61 Å². The Morgan fingerprint density at radius 3 is 1.93 bits per heavy atom. The number of nitrogens with one attached hydrogen (secondary N) is 1. The summed E-state index contributed by atoms with van der Waals surface area (Å²) >= 11 is 0. The van der Waals surface area contributed by atoms with Gasteiger partial charge in [-0.05, 0) is 18.4 Å². The Balaban J connectivity index is 0.00000841. The second kappa shape index (κ2) is 19.3. The highest BCUT2D eigenvalue weighted by molar-refractivity contribution is 5.87. The number of unbranched alkanes of at least 4 members (excludes halogenated alkanes) is 13. The van der Waals surface area contributed by atoms with Crippen LogP contribution in [0.4, 0.5) is 0 Å². The molecule has 5 nitrogen and oxygen atoms in total. The second-order valence-corrected chi connectivity index (χ2v) is 7.91. The number of halogens is 1. The van der Waals surface area contributed by atoms with Crippen molar-refractivity contribution in [3.63, 3.8) is 0 Å². The first-order valence-electron chi connectivity index (χ1n) is 11.5. The number of esters is 1. The van der Waals surface area contributed by atoms with Gasteiger partial charge in [0, 0.05) is 11.6 Å². The van der Waals surface area contributed by atoms with Crippen LogP contribution in [0.1, 0.15) is 102 Å². The molecule has 0 aliphatic carbocycles. The van der Waals surface area contributed by atoms with E-state index in [1.807, 2.05) is 0 Å². The van der Waals surface area contributed by atoms with Crippen molar-refractivity contribution >= 4 is 24.3 Å². The summed E-state index contributed by atoms with van der Waals surface area (Å²) < 4.78 is 6.84. The van der Waals surface area contributed by atoms with Crippen molar-refractivity contribution in [2.24, 2.45) is 0 Å². The van der Waals surface area contributed by atoms with E-state index in [0.29, 0.717) is 6.61 Å². The fourth-order valence-electron chi connectivity index (χ4n) is 3.43. The standard InChI is InChI=1S/C24H40N2O3.ClH/c1-2-3-4-5-6-7-8-9-10-11-12-13-14-15-19-29-23(27)21-26-18-16-17-22(20-26)24(25)28;/h16-18,20H,2-15,19,21H2,1H3,(H-,25,28);1H. The molecule has 0 radical (unpaired) electrons. The van der Waals surface area contributed by atoms with Gasteiger partial charge in [-0.15, -0.1) is 12.4 Å². The van der Waals surface area contributed by atoms with Crippen LogP contribution in [0, 0.1) is 5.41 Å². The maximum absolute atomic E-state index is 11.9. The fraction of sp³-hybridized carbons (Fsp3) is 0.708. The lowest BCUT2D eigenvalue weighted by Crippen LogP contribution is -2.39. The van der Waals surface area contributed by atoms with Crippen LogP contribution in [0.2, 0.25) is 0 Å².